The Morgan fingerprint density at radius 1 is 1.39 bits per heavy atom. The first-order valence-electron chi connectivity index (χ1n) is 5.92. The average Bonchev–Trinajstić information content (AvgIpc) is 2.88. The molecule has 0 fully saturated rings. The quantitative estimate of drug-likeness (QED) is 0.372. The molecule has 0 spiro atoms. The van der Waals surface area contributed by atoms with Gasteiger partial charge < -0.3 is 15.9 Å². The first-order valence-corrected chi connectivity index (χ1v) is 5.92. The van der Waals surface area contributed by atoms with E-state index in [1.807, 2.05) is 0 Å². The summed E-state index contributed by atoms with van der Waals surface area (Å²) < 4.78 is 40.8. The number of nitrogens with zero attached hydrogens (tertiary/aromatic N) is 4. The van der Waals surface area contributed by atoms with Crippen LogP contribution in [0.1, 0.15) is 11.4 Å². The lowest BCUT2D eigenvalue weighted by Crippen LogP contribution is -2.25. The third kappa shape index (κ3) is 4.15. The normalized spacial score (nSPS) is 12.1. The fourth-order valence-corrected chi connectivity index (χ4v) is 1.36. The van der Waals surface area contributed by atoms with E-state index in [0.717, 1.165) is 0 Å². The van der Waals surface area contributed by atoms with E-state index in [-0.39, 0.29) is 17.3 Å². The van der Waals surface area contributed by atoms with Crippen molar-refractivity contribution in [3.63, 3.8) is 0 Å². The number of hydrogen-bond donors (Lipinski definition) is 2. The van der Waals surface area contributed by atoms with Gasteiger partial charge in [0.05, 0.1) is 0 Å². The lowest BCUT2D eigenvalue weighted by Gasteiger charge is -2.07. The minimum absolute atomic E-state index is 0.203. The molecule has 2 aromatic heterocycles. The number of halogens is 3. The molecule has 23 heavy (non-hydrogen) atoms. The zero-order chi connectivity index (χ0) is 17.0. The maximum atomic E-state index is 12.2. The molecule has 122 valence electrons. The van der Waals surface area contributed by atoms with Gasteiger partial charge in [-0.2, -0.15) is 13.2 Å². The van der Waals surface area contributed by atoms with Crippen molar-refractivity contribution in [3.05, 3.63) is 29.6 Å². The van der Waals surface area contributed by atoms with Crippen LogP contribution in [-0.2, 0) is 9.63 Å². The summed E-state index contributed by atoms with van der Waals surface area (Å²) in [6, 6.07) is 4.82. The summed E-state index contributed by atoms with van der Waals surface area (Å²) in [5.74, 6) is -3.01. The molecule has 0 saturated heterocycles. The number of nitrogen functional groups attached to an aromatic ring is 1. The highest BCUT2D eigenvalue weighted by atomic mass is 19.4. The van der Waals surface area contributed by atoms with Crippen molar-refractivity contribution in [2.45, 2.75) is 13.1 Å². The van der Waals surface area contributed by atoms with Crippen molar-refractivity contribution in [1.82, 2.24) is 15.3 Å². The number of anilines is 2. The largest absolute Gasteiger partial charge is 0.493 e. The van der Waals surface area contributed by atoms with Gasteiger partial charge in [-0.3, -0.25) is 0 Å². The molecule has 0 aromatic carbocycles. The molecule has 2 aromatic rings. The van der Waals surface area contributed by atoms with Crippen LogP contribution >= 0.6 is 0 Å². The van der Waals surface area contributed by atoms with Crippen LogP contribution in [0.2, 0.25) is 0 Å². The van der Waals surface area contributed by atoms with Crippen LogP contribution in [0, 0.1) is 6.92 Å². The molecule has 12 heteroatoms. The predicted molar refractivity (Wildman–Crippen MR) is 70.0 cm³/mol. The number of carbonyl (C=O) groups excluding carboxylic acids is 1. The molecule has 0 saturated carbocycles. The maximum Gasteiger partial charge on any atom is 0.493 e. The molecule has 0 radical (unpaired) electrons. The minimum Gasteiger partial charge on any atom is -0.379 e. The fourth-order valence-electron chi connectivity index (χ4n) is 1.36. The number of aromatic nitrogens is 3. The summed E-state index contributed by atoms with van der Waals surface area (Å²) in [6.45, 7) is 1.69. The monoisotopic (exact) mass is 330 g/mol. The standard InChI is InChI=1S/C11H9F3N6O3/c1-5-3-2-4-6(16-5)17-9(7-8(15)19-23-18-7)20-22-10(21)11(12,13)14/h2-4H,1H3,(H2,15,19)(H,16,17,20). The minimum atomic E-state index is -5.20. The lowest BCUT2D eigenvalue weighted by molar-refractivity contribution is -0.199. The molecule has 0 amide bonds. The predicted octanol–water partition coefficient (Wildman–Crippen LogP) is 1.23. The molecular formula is C11H9F3N6O3. The van der Waals surface area contributed by atoms with E-state index in [0.29, 0.717) is 5.69 Å². The first-order chi connectivity index (χ1) is 10.8. The second-order valence-corrected chi connectivity index (χ2v) is 4.10. The molecule has 0 aliphatic heterocycles. The van der Waals surface area contributed by atoms with E-state index in [9.17, 15) is 18.0 Å². The first kappa shape index (κ1) is 16.2. The van der Waals surface area contributed by atoms with Gasteiger partial charge in [0, 0.05) is 5.69 Å². The van der Waals surface area contributed by atoms with Crippen molar-refractivity contribution in [3.8, 4) is 0 Å². The van der Waals surface area contributed by atoms with Gasteiger partial charge in [0.1, 0.15) is 5.82 Å². The van der Waals surface area contributed by atoms with Crippen molar-refractivity contribution in [1.29, 1.82) is 0 Å². The number of carbonyl (C=O) groups is 1. The van der Waals surface area contributed by atoms with Crippen LogP contribution < -0.4 is 11.1 Å². The Morgan fingerprint density at radius 3 is 2.70 bits per heavy atom. The van der Waals surface area contributed by atoms with Gasteiger partial charge >= 0.3 is 12.1 Å². The summed E-state index contributed by atoms with van der Waals surface area (Å²) in [6.07, 6.45) is -5.20. The number of amidine groups is 1. The summed E-state index contributed by atoms with van der Waals surface area (Å²) in [5.41, 5.74) is 5.82. The third-order valence-corrected chi connectivity index (χ3v) is 2.32. The van der Waals surface area contributed by atoms with E-state index in [1.165, 1.54) is 6.07 Å². The van der Waals surface area contributed by atoms with Gasteiger partial charge in [0.2, 0.25) is 5.84 Å². The van der Waals surface area contributed by atoms with Gasteiger partial charge in [-0.1, -0.05) is 11.2 Å². The number of pyridine rings is 1. The highest BCUT2D eigenvalue weighted by Crippen LogP contribution is 2.17. The molecular weight excluding hydrogens is 321 g/mol. The second-order valence-electron chi connectivity index (χ2n) is 4.10. The SMILES string of the molecule is Cc1cccc(NC(=NOC(=O)C(F)(F)F)c2nonc2N)n1. The van der Waals surface area contributed by atoms with E-state index >= 15 is 0 Å². The number of oxime groups is 1. The number of nitrogens with two attached hydrogens (primary N) is 1. The molecule has 2 rings (SSSR count). The summed E-state index contributed by atoms with van der Waals surface area (Å²) in [5, 5.41) is 12.2. The number of aryl methyl sites for hydroxylation is 1. The Hall–Kier alpha value is -3.18. The Kier molecular flexibility index (Phi) is 4.43. The van der Waals surface area contributed by atoms with Crippen LogP contribution in [0.5, 0.6) is 0 Å². The molecule has 0 aliphatic rings. The summed E-state index contributed by atoms with van der Waals surface area (Å²) >= 11 is 0. The van der Waals surface area contributed by atoms with Gasteiger partial charge in [0.15, 0.2) is 11.5 Å². The van der Waals surface area contributed by atoms with E-state index < -0.39 is 18.0 Å². The Bertz CT molecular complexity index is 743. The Balaban J connectivity index is 2.29. The zero-order valence-corrected chi connectivity index (χ0v) is 11.5. The van der Waals surface area contributed by atoms with Crippen LogP contribution in [0.3, 0.4) is 0 Å². The fraction of sp³-hybridized carbons (Fsp3) is 0.182. The van der Waals surface area contributed by atoms with E-state index in [1.54, 1.807) is 19.1 Å². The zero-order valence-electron chi connectivity index (χ0n) is 11.5. The molecule has 0 unspecified atom stereocenters. The maximum absolute atomic E-state index is 12.2. The van der Waals surface area contributed by atoms with Crippen molar-refractivity contribution >= 4 is 23.4 Å². The summed E-state index contributed by atoms with van der Waals surface area (Å²) in [7, 11) is 0. The van der Waals surface area contributed by atoms with Crippen LogP contribution in [-0.4, -0.2) is 33.3 Å². The van der Waals surface area contributed by atoms with Crippen molar-refractivity contribution in [2.75, 3.05) is 11.1 Å². The van der Waals surface area contributed by atoms with E-state index in [4.69, 9.17) is 5.73 Å². The lowest BCUT2D eigenvalue weighted by atomic mass is 10.3. The smallest absolute Gasteiger partial charge is 0.379 e. The van der Waals surface area contributed by atoms with Gasteiger partial charge in [0.25, 0.3) is 0 Å². The van der Waals surface area contributed by atoms with E-state index in [2.05, 4.69) is 35.2 Å². The third-order valence-electron chi connectivity index (χ3n) is 2.32. The summed E-state index contributed by atoms with van der Waals surface area (Å²) in [4.78, 5) is 18.6. The Labute approximate surface area is 126 Å². The number of nitrogens with one attached hydrogen (secondary N) is 1. The van der Waals surface area contributed by atoms with Crippen molar-refractivity contribution < 1.29 is 27.4 Å². The van der Waals surface area contributed by atoms with Crippen molar-refractivity contribution in [2.24, 2.45) is 5.16 Å². The molecule has 0 bridgehead atoms. The van der Waals surface area contributed by atoms with Gasteiger partial charge in [-0.05, 0) is 29.4 Å². The number of rotatable bonds is 3. The van der Waals surface area contributed by atoms with Crippen LogP contribution in [0.4, 0.5) is 24.8 Å². The average molecular weight is 330 g/mol. The van der Waals surface area contributed by atoms with Gasteiger partial charge in [-0.15, -0.1) is 0 Å². The second kappa shape index (κ2) is 6.29. The molecule has 3 N–H and O–H groups in total. The molecule has 9 nitrogen and oxygen atoms in total. The number of alkyl halides is 3. The highest BCUT2D eigenvalue weighted by molar-refractivity contribution is 6.08. The van der Waals surface area contributed by atoms with Crippen LogP contribution in [0.25, 0.3) is 0 Å². The molecule has 0 atom stereocenters. The topological polar surface area (TPSA) is 129 Å². The highest BCUT2D eigenvalue weighted by Gasteiger charge is 2.42. The molecule has 2 heterocycles. The van der Waals surface area contributed by atoms with Gasteiger partial charge in [-0.25, -0.2) is 14.4 Å². The Morgan fingerprint density at radius 2 is 2.13 bits per heavy atom. The molecule has 0 aliphatic carbocycles. The number of hydrogen-bond acceptors (Lipinski definition) is 8. The van der Waals surface area contributed by atoms with Crippen LogP contribution in [0.15, 0.2) is 28.0 Å².